The normalized spacial score (nSPS) is 13.6. The molecular formula is C22H20N4O6. The lowest BCUT2D eigenvalue weighted by Crippen LogP contribution is -2.41. The molecular weight excluding hydrogens is 416 g/mol. The van der Waals surface area contributed by atoms with Crippen LogP contribution >= 0.6 is 0 Å². The lowest BCUT2D eigenvalue weighted by molar-refractivity contribution is -0.131. The van der Waals surface area contributed by atoms with Crippen LogP contribution in [0, 0.1) is 0 Å². The Morgan fingerprint density at radius 2 is 1.78 bits per heavy atom. The average molecular weight is 436 g/mol. The molecule has 1 aromatic carbocycles. The molecule has 1 fully saturated rings. The Morgan fingerprint density at radius 1 is 1.06 bits per heavy atom. The first-order chi connectivity index (χ1) is 15.5. The Kier molecular flexibility index (Phi) is 5.95. The van der Waals surface area contributed by atoms with Crippen molar-refractivity contribution >= 4 is 29.1 Å². The van der Waals surface area contributed by atoms with Crippen LogP contribution in [0.2, 0.25) is 0 Å². The molecule has 1 aliphatic rings. The Morgan fingerprint density at radius 3 is 2.53 bits per heavy atom. The predicted molar refractivity (Wildman–Crippen MR) is 114 cm³/mol. The van der Waals surface area contributed by atoms with Gasteiger partial charge >= 0.3 is 5.97 Å². The maximum absolute atomic E-state index is 13.0. The highest BCUT2D eigenvalue weighted by Crippen LogP contribution is 2.19. The fraction of sp³-hybridized carbons (Fsp3) is 0.227. The molecule has 0 atom stereocenters. The first kappa shape index (κ1) is 21.2. The number of morpholine rings is 1. The van der Waals surface area contributed by atoms with Crippen molar-refractivity contribution in [2.45, 2.75) is 6.92 Å². The zero-order chi connectivity index (χ0) is 22.7. The molecule has 3 heterocycles. The van der Waals surface area contributed by atoms with Crippen LogP contribution in [-0.4, -0.2) is 58.4 Å². The molecule has 2 amide bonds. The average Bonchev–Trinajstić information content (AvgIpc) is 2.80. The molecule has 1 N–H and O–H groups in total. The minimum atomic E-state index is -0.638. The molecule has 0 radical (unpaired) electrons. The summed E-state index contributed by atoms with van der Waals surface area (Å²) in [5.74, 6) is -1.38. The van der Waals surface area contributed by atoms with Gasteiger partial charge in [-0.05, 0) is 24.3 Å². The number of fused-ring (bicyclic) bond motifs is 1. The zero-order valence-corrected chi connectivity index (χ0v) is 17.2. The summed E-state index contributed by atoms with van der Waals surface area (Å²) in [6, 6.07) is 9.36. The molecule has 0 bridgehead atoms. The molecule has 4 rings (SSSR count). The van der Waals surface area contributed by atoms with E-state index in [4.69, 9.17) is 9.47 Å². The van der Waals surface area contributed by atoms with Crippen molar-refractivity contribution in [3.05, 3.63) is 70.3 Å². The summed E-state index contributed by atoms with van der Waals surface area (Å²) in [7, 11) is 0. The number of amides is 2. The van der Waals surface area contributed by atoms with Gasteiger partial charge in [-0.15, -0.1) is 0 Å². The van der Waals surface area contributed by atoms with E-state index in [1.54, 1.807) is 29.2 Å². The van der Waals surface area contributed by atoms with Crippen LogP contribution in [0.15, 0.2) is 53.6 Å². The summed E-state index contributed by atoms with van der Waals surface area (Å²) >= 11 is 0. The first-order valence-electron chi connectivity index (χ1n) is 9.92. The number of nitrogens with zero attached hydrogens (tertiary/aromatic N) is 3. The first-order valence-corrected chi connectivity index (χ1v) is 9.92. The Bertz CT molecular complexity index is 1260. The van der Waals surface area contributed by atoms with Crippen LogP contribution in [0.1, 0.15) is 27.6 Å². The molecule has 0 spiro atoms. The number of ether oxygens (including phenoxy) is 2. The fourth-order valence-corrected chi connectivity index (χ4v) is 3.38. The number of para-hydroxylation sites is 1. The molecule has 164 valence electrons. The van der Waals surface area contributed by atoms with Crippen molar-refractivity contribution in [1.29, 1.82) is 0 Å². The largest absolute Gasteiger partial charge is 0.426 e. The van der Waals surface area contributed by atoms with Gasteiger partial charge in [-0.2, -0.15) is 0 Å². The minimum Gasteiger partial charge on any atom is -0.426 e. The summed E-state index contributed by atoms with van der Waals surface area (Å²) in [5, 5.41) is 2.51. The molecule has 0 saturated carbocycles. The molecule has 0 aliphatic carbocycles. The van der Waals surface area contributed by atoms with Crippen LogP contribution < -0.4 is 15.6 Å². The zero-order valence-electron chi connectivity index (χ0n) is 17.2. The minimum absolute atomic E-state index is 0.0738. The van der Waals surface area contributed by atoms with E-state index in [9.17, 15) is 19.2 Å². The number of pyridine rings is 1. The number of rotatable bonds is 4. The predicted octanol–water partition coefficient (Wildman–Crippen LogP) is 1.34. The van der Waals surface area contributed by atoms with Gasteiger partial charge < -0.3 is 19.7 Å². The van der Waals surface area contributed by atoms with E-state index in [2.05, 4.69) is 10.3 Å². The molecule has 1 saturated heterocycles. The van der Waals surface area contributed by atoms with Gasteiger partial charge in [-0.25, -0.2) is 4.98 Å². The van der Waals surface area contributed by atoms with Crippen LogP contribution in [-0.2, 0) is 9.53 Å². The van der Waals surface area contributed by atoms with E-state index in [1.165, 1.54) is 35.9 Å². The third-order valence-corrected chi connectivity index (χ3v) is 4.89. The van der Waals surface area contributed by atoms with Crippen molar-refractivity contribution in [3.63, 3.8) is 0 Å². The second-order valence-electron chi connectivity index (χ2n) is 7.04. The third kappa shape index (κ3) is 4.21. The van der Waals surface area contributed by atoms with Crippen molar-refractivity contribution in [1.82, 2.24) is 14.3 Å². The van der Waals surface area contributed by atoms with Crippen molar-refractivity contribution in [3.8, 4) is 5.75 Å². The second-order valence-corrected chi connectivity index (χ2v) is 7.04. The van der Waals surface area contributed by atoms with Crippen LogP contribution in [0.25, 0.3) is 5.65 Å². The molecule has 10 nitrogen and oxygen atoms in total. The Labute approximate surface area is 182 Å². The lowest BCUT2D eigenvalue weighted by atomic mass is 10.2. The molecule has 32 heavy (non-hydrogen) atoms. The quantitative estimate of drug-likeness (QED) is 0.484. The fourth-order valence-electron chi connectivity index (χ4n) is 3.38. The van der Waals surface area contributed by atoms with Gasteiger partial charge in [-0.3, -0.25) is 23.6 Å². The van der Waals surface area contributed by atoms with E-state index < -0.39 is 17.4 Å². The SMILES string of the molecule is CC(=O)Oc1ccccc1C(=O)Nc1cnc2c(C(=O)N3CCOCC3)cccn2c1=O. The summed E-state index contributed by atoms with van der Waals surface area (Å²) in [5.41, 5.74) is -0.0774. The molecule has 10 heteroatoms. The number of benzene rings is 1. The van der Waals surface area contributed by atoms with Crippen LogP contribution in [0.3, 0.4) is 0 Å². The van der Waals surface area contributed by atoms with Gasteiger partial charge in [0.05, 0.1) is 30.5 Å². The number of anilines is 1. The Hall–Kier alpha value is -4.05. The van der Waals surface area contributed by atoms with E-state index >= 15 is 0 Å². The molecule has 1 aliphatic heterocycles. The van der Waals surface area contributed by atoms with Crippen molar-refractivity contribution in [2.24, 2.45) is 0 Å². The summed E-state index contributed by atoms with van der Waals surface area (Å²) in [6.45, 7) is 3.05. The lowest BCUT2D eigenvalue weighted by Gasteiger charge is -2.27. The van der Waals surface area contributed by atoms with Gasteiger partial charge in [0.1, 0.15) is 11.4 Å². The number of hydrogen-bond acceptors (Lipinski definition) is 7. The van der Waals surface area contributed by atoms with E-state index in [0.717, 1.165) is 0 Å². The molecule has 3 aromatic rings. The van der Waals surface area contributed by atoms with Gasteiger partial charge in [0.25, 0.3) is 17.4 Å². The van der Waals surface area contributed by atoms with Crippen LogP contribution in [0.5, 0.6) is 5.75 Å². The standard InChI is InChI=1S/C22H20N4O6/c1-14(27)32-18-7-3-2-5-15(18)20(28)24-17-13-23-19-16(6-4-8-26(19)22(17)30)21(29)25-9-11-31-12-10-25/h2-8,13H,9-12H2,1H3,(H,24,28). The monoisotopic (exact) mass is 436 g/mol. The number of esters is 1. The maximum Gasteiger partial charge on any atom is 0.308 e. The van der Waals surface area contributed by atoms with Gasteiger partial charge in [0.2, 0.25) is 0 Å². The number of aromatic nitrogens is 2. The summed E-state index contributed by atoms with van der Waals surface area (Å²) in [6.07, 6.45) is 2.68. The topological polar surface area (TPSA) is 119 Å². The van der Waals surface area contributed by atoms with E-state index in [-0.39, 0.29) is 34.1 Å². The number of carbonyl (C=O) groups excluding carboxylic acids is 3. The third-order valence-electron chi connectivity index (χ3n) is 4.89. The molecule has 2 aromatic heterocycles. The van der Waals surface area contributed by atoms with E-state index in [0.29, 0.717) is 26.3 Å². The Balaban J connectivity index is 1.65. The smallest absolute Gasteiger partial charge is 0.308 e. The second kappa shape index (κ2) is 8.98. The number of hydrogen-bond donors (Lipinski definition) is 1. The highest BCUT2D eigenvalue weighted by molar-refractivity contribution is 6.06. The number of carbonyl (C=O) groups is 3. The van der Waals surface area contributed by atoms with Gasteiger partial charge in [-0.1, -0.05) is 12.1 Å². The van der Waals surface area contributed by atoms with Crippen LogP contribution in [0.4, 0.5) is 5.69 Å². The molecule has 0 unspecified atom stereocenters. The summed E-state index contributed by atoms with van der Waals surface area (Å²) in [4.78, 5) is 55.8. The number of nitrogens with one attached hydrogen (secondary N) is 1. The highest BCUT2D eigenvalue weighted by Gasteiger charge is 2.22. The van der Waals surface area contributed by atoms with Crippen molar-refractivity contribution < 1.29 is 23.9 Å². The summed E-state index contributed by atoms with van der Waals surface area (Å²) < 4.78 is 11.5. The van der Waals surface area contributed by atoms with E-state index in [1.807, 2.05) is 0 Å². The maximum atomic E-state index is 13.0. The van der Waals surface area contributed by atoms with Gasteiger partial charge in [0.15, 0.2) is 5.65 Å². The highest BCUT2D eigenvalue weighted by atomic mass is 16.5. The van der Waals surface area contributed by atoms with Gasteiger partial charge in [0, 0.05) is 26.2 Å². The van der Waals surface area contributed by atoms with Crippen molar-refractivity contribution in [2.75, 3.05) is 31.6 Å².